The minimum atomic E-state index is 0.0299. The van der Waals surface area contributed by atoms with Gasteiger partial charge in [0.05, 0.1) is 22.4 Å². The molecule has 0 aliphatic carbocycles. The van der Waals surface area contributed by atoms with E-state index in [1.807, 2.05) is 36.4 Å². The summed E-state index contributed by atoms with van der Waals surface area (Å²) in [5.41, 5.74) is 3.59. The third kappa shape index (κ3) is 2.47. The molecule has 3 aromatic carbocycles. The van der Waals surface area contributed by atoms with Crippen LogP contribution in [0.3, 0.4) is 0 Å². The number of aromatic nitrogens is 2. The Morgan fingerprint density at radius 2 is 1.67 bits per heavy atom. The predicted octanol–water partition coefficient (Wildman–Crippen LogP) is 4.76. The lowest BCUT2D eigenvalue weighted by Crippen LogP contribution is -1.95. The number of aromatic hydroxyl groups is 2. The Bertz CT molecular complexity index is 1040. The van der Waals surface area contributed by atoms with Crippen LogP contribution in [0.5, 0.6) is 11.5 Å². The molecule has 0 spiro atoms. The van der Waals surface area contributed by atoms with E-state index in [9.17, 15) is 10.2 Å². The number of hydrogen-bond donors (Lipinski definition) is 2. The van der Waals surface area contributed by atoms with Gasteiger partial charge in [0.2, 0.25) is 0 Å². The van der Waals surface area contributed by atoms with Crippen LogP contribution in [0.25, 0.3) is 27.7 Å². The number of hydrogen-bond acceptors (Lipinski definition) is 3. The molecule has 0 amide bonds. The van der Waals surface area contributed by atoms with Crippen molar-refractivity contribution in [1.82, 2.24) is 9.78 Å². The van der Waals surface area contributed by atoms with Crippen LogP contribution in [0.4, 0.5) is 0 Å². The Kier molecular flexibility index (Phi) is 3.40. The van der Waals surface area contributed by atoms with Crippen LogP contribution >= 0.6 is 11.6 Å². The molecule has 5 heteroatoms. The largest absolute Gasteiger partial charge is 0.508 e. The van der Waals surface area contributed by atoms with Gasteiger partial charge >= 0.3 is 0 Å². The predicted molar refractivity (Wildman–Crippen MR) is 94.8 cm³/mol. The first-order chi connectivity index (χ1) is 11.6. The summed E-state index contributed by atoms with van der Waals surface area (Å²) in [6, 6.07) is 18.2. The molecule has 0 saturated carbocycles. The normalized spacial score (nSPS) is 11.0. The van der Waals surface area contributed by atoms with Gasteiger partial charge < -0.3 is 10.2 Å². The van der Waals surface area contributed by atoms with Gasteiger partial charge in [0.25, 0.3) is 0 Å². The molecule has 4 aromatic rings. The summed E-state index contributed by atoms with van der Waals surface area (Å²) >= 11 is 5.94. The number of phenolic OH excluding ortho intramolecular Hbond substituents is 2. The monoisotopic (exact) mass is 336 g/mol. The number of phenols is 2. The van der Waals surface area contributed by atoms with Gasteiger partial charge in [0.15, 0.2) is 0 Å². The van der Waals surface area contributed by atoms with Crippen LogP contribution in [0, 0.1) is 0 Å². The second-order valence-electron chi connectivity index (χ2n) is 5.52. The summed E-state index contributed by atoms with van der Waals surface area (Å²) in [5, 5.41) is 25.0. The third-order valence-corrected chi connectivity index (χ3v) is 4.23. The SMILES string of the molecule is Oc1cccc(-c2ccc(-n3ncc4cc(Cl)c(O)cc43)cc2)c1. The van der Waals surface area contributed by atoms with Gasteiger partial charge in [-0.2, -0.15) is 5.10 Å². The van der Waals surface area contributed by atoms with Crippen molar-refractivity contribution in [2.45, 2.75) is 0 Å². The number of nitrogens with zero attached hydrogens (tertiary/aromatic N) is 2. The van der Waals surface area contributed by atoms with Crippen molar-refractivity contribution < 1.29 is 10.2 Å². The van der Waals surface area contributed by atoms with E-state index in [2.05, 4.69) is 5.10 Å². The highest BCUT2D eigenvalue weighted by molar-refractivity contribution is 6.32. The minimum Gasteiger partial charge on any atom is -0.508 e. The molecule has 4 nitrogen and oxygen atoms in total. The van der Waals surface area contributed by atoms with Crippen molar-refractivity contribution in [2.24, 2.45) is 0 Å². The molecule has 4 rings (SSSR count). The Balaban J connectivity index is 1.77. The molecule has 118 valence electrons. The average Bonchev–Trinajstić information content (AvgIpc) is 2.98. The van der Waals surface area contributed by atoms with Crippen molar-refractivity contribution in [3.05, 3.63) is 71.9 Å². The number of fused-ring (bicyclic) bond motifs is 1. The summed E-state index contributed by atoms with van der Waals surface area (Å²) in [6.45, 7) is 0. The van der Waals surface area contributed by atoms with Crippen LogP contribution in [0.15, 0.2) is 66.9 Å². The first kappa shape index (κ1) is 14.6. The van der Waals surface area contributed by atoms with Crippen molar-refractivity contribution in [3.8, 4) is 28.3 Å². The first-order valence-electron chi connectivity index (χ1n) is 7.38. The van der Waals surface area contributed by atoms with E-state index in [1.54, 1.807) is 35.1 Å². The first-order valence-corrected chi connectivity index (χ1v) is 7.76. The fraction of sp³-hybridized carbons (Fsp3) is 0. The fourth-order valence-electron chi connectivity index (χ4n) is 2.72. The Morgan fingerprint density at radius 1 is 0.875 bits per heavy atom. The molecule has 0 radical (unpaired) electrons. The molecule has 1 heterocycles. The van der Waals surface area contributed by atoms with Gasteiger partial charge in [-0.15, -0.1) is 0 Å². The van der Waals surface area contributed by atoms with Crippen LogP contribution in [-0.4, -0.2) is 20.0 Å². The van der Waals surface area contributed by atoms with Crippen LogP contribution in [-0.2, 0) is 0 Å². The lowest BCUT2D eigenvalue weighted by atomic mass is 10.1. The third-order valence-electron chi connectivity index (χ3n) is 3.93. The van der Waals surface area contributed by atoms with E-state index in [4.69, 9.17) is 11.6 Å². The van der Waals surface area contributed by atoms with E-state index in [0.29, 0.717) is 5.02 Å². The summed E-state index contributed by atoms with van der Waals surface area (Å²) in [6.07, 6.45) is 1.71. The number of benzene rings is 3. The zero-order valence-corrected chi connectivity index (χ0v) is 13.3. The van der Waals surface area contributed by atoms with Crippen molar-refractivity contribution in [3.63, 3.8) is 0 Å². The Hall–Kier alpha value is -2.98. The van der Waals surface area contributed by atoms with Crippen LogP contribution in [0.1, 0.15) is 0 Å². The molecule has 0 bridgehead atoms. The molecular weight excluding hydrogens is 324 g/mol. The van der Waals surface area contributed by atoms with E-state index in [1.165, 1.54) is 0 Å². The second-order valence-corrected chi connectivity index (χ2v) is 5.92. The minimum absolute atomic E-state index is 0.0299. The quantitative estimate of drug-likeness (QED) is 0.555. The second kappa shape index (κ2) is 5.58. The number of rotatable bonds is 2. The molecule has 0 atom stereocenters. The van der Waals surface area contributed by atoms with Gasteiger partial charge in [0, 0.05) is 11.5 Å². The lowest BCUT2D eigenvalue weighted by Gasteiger charge is -2.07. The number of halogens is 1. The Morgan fingerprint density at radius 3 is 2.42 bits per heavy atom. The molecule has 24 heavy (non-hydrogen) atoms. The summed E-state index contributed by atoms with van der Waals surface area (Å²) in [5.74, 6) is 0.268. The molecule has 0 fully saturated rings. The maximum atomic E-state index is 9.83. The molecule has 0 saturated heterocycles. The molecule has 0 aliphatic rings. The molecule has 1 aromatic heterocycles. The van der Waals surface area contributed by atoms with Crippen molar-refractivity contribution in [1.29, 1.82) is 0 Å². The highest BCUT2D eigenvalue weighted by atomic mass is 35.5. The lowest BCUT2D eigenvalue weighted by molar-refractivity contribution is 0.475. The van der Waals surface area contributed by atoms with E-state index >= 15 is 0 Å². The average molecular weight is 337 g/mol. The molecular formula is C19H13ClN2O2. The van der Waals surface area contributed by atoms with Gasteiger partial charge in [-0.1, -0.05) is 35.9 Å². The summed E-state index contributed by atoms with van der Waals surface area (Å²) in [7, 11) is 0. The molecule has 0 unspecified atom stereocenters. The van der Waals surface area contributed by atoms with Crippen LogP contribution in [0.2, 0.25) is 5.02 Å². The van der Waals surface area contributed by atoms with E-state index in [0.717, 1.165) is 27.7 Å². The fourth-order valence-corrected chi connectivity index (χ4v) is 2.89. The highest BCUT2D eigenvalue weighted by Crippen LogP contribution is 2.30. The maximum Gasteiger partial charge on any atom is 0.136 e. The smallest absolute Gasteiger partial charge is 0.136 e. The molecule has 0 aliphatic heterocycles. The zero-order valence-electron chi connectivity index (χ0n) is 12.5. The van der Waals surface area contributed by atoms with Gasteiger partial charge in [0.1, 0.15) is 11.5 Å². The van der Waals surface area contributed by atoms with E-state index in [-0.39, 0.29) is 11.5 Å². The van der Waals surface area contributed by atoms with Gasteiger partial charge in [-0.05, 0) is 41.5 Å². The zero-order chi connectivity index (χ0) is 16.7. The van der Waals surface area contributed by atoms with Gasteiger partial charge in [-0.25, -0.2) is 4.68 Å². The van der Waals surface area contributed by atoms with Gasteiger partial charge in [-0.3, -0.25) is 0 Å². The Labute approximate surface area is 143 Å². The van der Waals surface area contributed by atoms with Crippen molar-refractivity contribution in [2.75, 3.05) is 0 Å². The standard InChI is InChI=1S/C19H13ClN2O2/c20-17-9-14-11-21-22(18(14)10-19(17)24)15-6-4-12(5-7-15)13-2-1-3-16(23)8-13/h1-11,23-24H. The summed E-state index contributed by atoms with van der Waals surface area (Å²) in [4.78, 5) is 0. The maximum absolute atomic E-state index is 9.83. The summed E-state index contributed by atoms with van der Waals surface area (Å²) < 4.78 is 1.75. The van der Waals surface area contributed by atoms with E-state index < -0.39 is 0 Å². The highest BCUT2D eigenvalue weighted by Gasteiger charge is 2.09. The topological polar surface area (TPSA) is 58.3 Å². The van der Waals surface area contributed by atoms with Crippen molar-refractivity contribution >= 4 is 22.5 Å². The molecule has 2 N–H and O–H groups in total. The van der Waals surface area contributed by atoms with Crippen LogP contribution < -0.4 is 0 Å².